The molecule has 1 aromatic carbocycles. The Kier molecular flexibility index (Phi) is 2.73. The van der Waals surface area contributed by atoms with E-state index in [-0.39, 0.29) is 17.4 Å². The maximum Gasteiger partial charge on any atom is 0.144 e. The van der Waals surface area contributed by atoms with E-state index in [0.717, 1.165) is 17.7 Å². The minimum atomic E-state index is -0.0610. The fourth-order valence-corrected chi connectivity index (χ4v) is 3.36. The van der Waals surface area contributed by atoms with Crippen LogP contribution in [0.2, 0.25) is 0 Å². The van der Waals surface area contributed by atoms with Gasteiger partial charge in [0.1, 0.15) is 5.78 Å². The zero-order chi connectivity index (χ0) is 13.6. The lowest BCUT2D eigenvalue weighted by molar-refractivity contribution is -0.126. The normalized spacial score (nSPS) is 28.6. The number of carbonyl (C=O) groups excluding carboxylic acids is 1. The van der Waals surface area contributed by atoms with Crippen molar-refractivity contribution in [3.8, 4) is 0 Å². The summed E-state index contributed by atoms with van der Waals surface area (Å²) in [6.07, 6.45) is 1.66. The Balaban J connectivity index is 1.95. The SMILES string of the molecule is Cc1ccccc1C1=NN[C@H]2CC(C)(C)CC(=O)[C@@H]12. The van der Waals surface area contributed by atoms with Crippen molar-refractivity contribution in [3.05, 3.63) is 35.4 Å². The molecule has 0 spiro atoms. The van der Waals surface area contributed by atoms with Crippen LogP contribution in [0.5, 0.6) is 0 Å². The van der Waals surface area contributed by atoms with Crippen molar-refractivity contribution in [2.75, 3.05) is 0 Å². The molecule has 1 aromatic rings. The molecule has 0 unspecified atom stereocenters. The molecule has 1 saturated carbocycles. The molecule has 0 saturated heterocycles. The molecule has 100 valence electrons. The summed E-state index contributed by atoms with van der Waals surface area (Å²) < 4.78 is 0. The molecule has 2 atom stereocenters. The van der Waals surface area contributed by atoms with Crippen LogP contribution in [0.15, 0.2) is 29.4 Å². The first-order valence-electron chi connectivity index (χ1n) is 6.90. The highest BCUT2D eigenvalue weighted by Gasteiger charge is 2.46. The number of Topliss-reactive ketones (excluding diaryl/α,β-unsaturated/α-hetero) is 1. The van der Waals surface area contributed by atoms with Crippen LogP contribution in [-0.2, 0) is 4.79 Å². The molecule has 1 heterocycles. The second-order valence-electron chi connectivity index (χ2n) is 6.54. The number of hydrogen-bond donors (Lipinski definition) is 1. The van der Waals surface area contributed by atoms with Crippen LogP contribution in [0.1, 0.15) is 37.8 Å². The minimum absolute atomic E-state index is 0.0610. The molecule has 0 radical (unpaired) electrons. The third-order valence-electron chi connectivity index (χ3n) is 4.24. The van der Waals surface area contributed by atoms with Crippen molar-refractivity contribution >= 4 is 11.5 Å². The molecule has 0 amide bonds. The van der Waals surface area contributed by atoms with E-state index in [1.807, 2.05) is 12.1 Å². The number of aryl methyl sites for hydroxylation is 1. The van der Waals surface area contributed by atoms with E-state index < -0.39 is 0 Å². The van der Waals surface area contributed by atoms with Crippen LogP contribution in [0, 0.1) is 18.3 Å². The van der Waals surface area contributed by atoms with Gasteiger partial charge in [-0.3, -0.25) is 4.79 Å². The highest BCUT2D eigenvalue weighted by molar-refractivity contribution is 6.16. The standard InChI is InChI=1S/C16H20N2O/c1-10-6-4-5-7-11(10)15-14-12(17-18-15)8-16(2,3)9-13(14)19/h4-7,12,14,17H,8-9H2,1-3H3/t12-,14-/m0/s1. The molecule has 0 aromatic heterocycles. The van der Waals surface area contributed by atoms with Gasteiger partial charge >= 0.3 is 0 Å². The molecule has 1 aliphatic carbocycles. The number of hydrogen-bond acceptors (Lipinski definition) is 3. The van der Waals surface area contributed by atoms with Gasteiger partial charge in [0.15, 0.2) is 0 Å². The Morgan fingerprint density at radius 2 is 2.05 bits per heavy atom. The molecule has 1 N–H and O–H groups in total. The van der Waals surface area contributed by atoms with Gasteiger partial charge in [0.2, 0.25) is 0 Å². The summed E-state index contributed by atoms with van der Waals surface area (Å²) in [5.41, 5.74) is 6.50. The number of rotatable bonds is 1. The minimum Gasteiger partial charge on any atom is -0.306 e. The van der Waals surface area contributed by atoms with E-state index >= 15 is 0 Å². The summed E-state index contributed by atoms with van der Waals surface area (Å²) in [7, 11) is 0. The van der Waals surface area contributed by atoms with Gasteiger partial charge in [-0.2, -0.15) is 5.10 Å². The molecule has 1 aliphatic heterocycles. The van der Waals surface area contributed by atoms with Crippen LogP contribution < -0.4 is 5.43 Å². The predicted octanol–water partition coefficient (Wildman–Crippen LogP) is 2.68. The largest absolute Gasteiger partial charge is 0.306 e. The molecule has 0 bridgehead atoms. The van der Waals surface area contributed by atoms with Gasteiger partial charge in [0, 0.05) is 12.0 Å². The average Bonchev–Trinajstić information content (AvgIpc) is 2.71. The number of nitrogens with zero attached hydrogens (tertiary/aromatic N) is 1. The second kappa shape index (κ2) is 4.19. The predicted molar refractivity (Wildman–Crippen MR) is 76.2 cm³/mol. The Labute approximate surface area is 114 Å². The average molecular weight is 256 g/mol. The number of benzene rings is 1. The summed E-state index contributed by atoms with van der Waals surface area (Å²) in [5, 5.41) is 4.47. The molecule has 19 heavy (non-hydrogen) atoms. The Hall–Kier alpha value is -1.64. The van der Waals surface area contributed by atoms with E-state index in [1.165, 1.54) is 5.56 Å². The number of nitrogens with one attached hydrogen (secondary N) is 1. The van der Waals surface area contributed by atoms with E-state index in [2.05, 4.69) is 43.4 Å². The highest BCUT2D eigenvalue weighted by Crippen LogP contribution is 2.39. The van der Waals surface area contributed by atoms with Crippen molar-refractivity contribution < 1.29 is 4.79 Å². The third-order valence-corrected chi connectivity index (χ3v) is 4.24. The van der Waals surface area contributed by atoms with Crippen LogP contribution in [-0.4, -0.2) is 17.5 Å². The van der Waals surface area contributed by atoms with Gasteiger partial charge in [-0.05, 0) is 24.3 Å². The van der Waals surface area contributed by atoms with Crippen molar-refractivity contribution in [2.45, 2.75) is 39.7 Å². The van der Waals surface area contributed by atoms with Gasteiger partial charge in [-0.25, -0.2) is 0 Å². The van der Waals surface area contributed by atoms with Crippen LogP contribution in [0.4, 0.5) is 0 Å². The quantitative estimate of drug-likeness (QED) is 0.839. The molecular formula is C16H20N2O. The van der Waals surface area contributed by atoms with E-state index in [9.17, 15) is 4.79 Å². The lowest BCUT2D eigenvalue weighted by Crippen LogP contribution is -2.45. The smallest absolute Gasteiger partial charge is 0.144 e. The second-order valence-corrected chi connectivity index (χ2v) is 6.54. The summed E-state index contributed by atoms with van der Waals surface area (Å²) in [6, 6.07) is 8.33. The zero-order valence-corrected chi connectivity index (χ0v) is 11.7. The van der Waals surface area contributed by atoms with Crippen LogP contribution in [0.3, 0.4) is 0 Å². The zero-order valence-electron chi connectivity index (χ0n) is 11.7. The summed E-state index contributed by atoms with van der Waals surface area (Å²) in [5.74, 6) is 0.266. The third kappa shape index (κ3) is 2.07. The molecule has 3 nitrogen and oxygen atoms in total. The summed E-state index contributed by atoms with van der Waals surface area (Å²) >= 11 is 0. The maximum absolute atomic E-state index is 12.5. The highest BCUT2D eigenvalue weighted by atomic mass is 16.1. The van der Waals surface area contributed by atoms with Gasteiger partial charge < -0.3 is 5.43 Å². The molecule has 2 aliphatic rings. The monoisotopic (exact) mass is 256 g/mol. The van der Waals surface area contributed by atoms with Gasteiger partial charge in [0.05, 0.1) is 17.7 Å². The first-order chi connectivity index (χ1) is 8.98. The van der Waals surface area contributed by atoms with Crippen molar-refractivity contribution in [2.24, 2.45) is 16.4 Å². The fourth-order valence-electron chi connectivity index (χ4n) is 3.36. The number of carbonyl (C=O) groups is 1. The van der Waals surface area contributed by atoms with E-state index in [0.29, 0.717) is 12.2 Å². The molecule has 3 rings (SSSR count). The summed E-state index contributed by atoms with van der Waals surface area (Å²) in [4.78, 5) is 12.5. The number of hydrazone groups is 1. The topological polar surface area (TPSA) is 41.5 Å². The van der Waals surface area contributed by atoms with E-state index in [1.54, 1.807) is 0 Å². The summed E-state index contributed by atoms with van der Waals surface area (Å²) in [6.45, 7) is 6.39. The molecular weight excluding hydrogens is 236 g/mol. The molecule has 3 heteroatoms. The van der Waals surface area contributed by atoms with Gasteiger partial charge in [0.25, 0.3) is 0 Å². The maximum atomic E-state index is 12.5. The van der Waals surface area contributed by atoms with Gasteiger partial charge in [-0.1, -0.05) is 38.1 Å². The Morgan fingerprint density at radius 1 is 1.32 bits per heavy atom. The Bertz CT molecular complexity index is 560. The fraction of sp³-hybridized carbons (Fsp3) is 0.500. The van der Waals surface area contributed by atoms with Gasteiger partial charge in [-0.15, -0.1) is 0 Å². The Morgan fingerprint density at radius 3 is 2.79 bits per heavy atom. The number of fused-ring (bicyclic) bond motifs is 1. The first kappa shape index (κ1) is 12.4. The van der Waals surface area contributed by atoms with Crippen LogP contribution >= 0.6 is 0 Å². The number of ketones is 1. The van der Waals surface area contributed by atoms with Crippen molar-refractivity contribution in [1.29, 1.82) is 0 Å². The van der Waals surface area contributed by atoms with Crippen molar-refractivity contribution in [3.63, 3.8) is 0 Å². The first-order valence-corrected chi connectivity index (χ1v) is 6.90. The van der Waals surface area contributed by atoms with Crippen molar-refractivity contribution in [1.82, 2.24) is 5.43 Å². The van der Waals surface area contributed by atoms with E-state index in [4.69, 9.17) is 0 Å². The lowest BCUT2D eigenvalue weighted by Gasteiger charge is -2.36. The lowest BCUT2D eigenvalue weighted by atomic mass is 9.68. The van der Waals surface area contributed by atoms with Crippen LogP contribution in [0.25, 0.3) is 0 Å². The molecule has 1 fully saturated rings.